The van der Waals surface area contributed by atoms with Crippen molar-refractivity contribution in [3.8, 4) is 28.5 Å². The van der Waals surface area contributed by atoms with Gasteiger partial charge in [0.05, 0.1) is 5.56 Å². The molecule has 0 unspecified atom stereocenters. The van der Waals surface area contributed by atoms with Gasteiger partial charge >= 0.3 is 0 Å². The molecule has 88 valence electrons. The van der Waals surface area contributed by atoms with Crippen molar-refractivity contribution < 1.29 is 14.6 Å². The van der Waals surface area contributed by atoms with Gasteiger partial charge in [0, 0.05) is 13.1 Å². The number of nitrogens with two attached hydrogens (primary N) is 1. The molecule has 0 fully saturated rings. The van der Waals surface area contributed by atoms with E-state index in [1.807, 2.05) is 0 Å². The number of aryl methyl sites for hydroxylation is 1. The first-order chi connectivity index (χ1) is 8.16. The van der Waals surface area contributed by atoms with Gasteiger partial charge in [-0.25, -0.2) is 0 Å². The van der Waals surface area contributed by atoms with Crippen LogP contribution in [0.25, 0.3) is 11.3 Å². The number of anilines is 1. The summed E-state index contributed by atoms with van der Waals surface area (Å²) in [4.78, 5) is 0. The van der Waals surface area contributed by atoms with E-state index < -0.39 is 0 Å². The second kappa shape index (κ2) is 3.31. The molecule has 1 aliphatic heterocycles. The van der Waals surface area contributed by atoms with Gasteiger partial charge < -0.3 is 20.3 Å². The minimum Gasteiger partial charge on any atom is -0.507 e. The average molecular weight is 233 g/mol. The van der Waals surface area contributed by atoms with Gasteiger partial charge in [-0.1, -0.05) is 0 Å². The molecule has 3 N–H and O–H groups in total. The highest BCUT2D eigenvalue weighted by molar-refractivity contribution is 5.78. The van der Waals surface area contributed by atoms with Gasteiger partial charge in [0.1, 0.15) is 17.3 Å². The van der Waals surface area contributed by atoms with Crippen LogP contribution in [0.15, 0.2) is 18.2 Å². The van der Waals surface area contributed by atoms with Crippen LogP contribution < -0.4 is 15.2 Å². The third-order valence-electron chi connectivity index (χ3n) is 2.69. The summed E-state index contributed by atoms with van der Waals surface area (Å²) in [7, 11) is 1.73. The van der Waals surface area contributed by atoms with E-state index in [-0.39, 0.29) is 12.5 Å². The predicted molar refractivity (Wildman–Crippen MR) is 60.8 cm³/mol. The van der Waals surface area contributed by atoms with E-state index in [0.29, 0.717) is 28.6 Å². The Morgan fingerprint density at radius 1 is 1.41 bits per heavy atom. The van der Waals surface area contributed by atoms with Crippen molar-refractivity contribution in [1.29, 1.82) is 0 Å². The fourth-order valence-corrected chi connectivity index (χ4v) is 1.81. The van der Waals surface area contributed by atoms with E-state index in [0.717, 1.165) is 0 Å². The predicted octanol–water partition coefficient (Wildman–Crippen LogP) is 1.10. The summed E-state index contributed by atoms with van der Waals surface area (Å²) in [5.41, 5.74) is 6.79. The number of fused-ring (bicyclic) bond motifs is 1. The molecule has 0 radical (unpaired) electrons. The SMILES string of the molecule is Cn1nc(-c2c(O)ccc3c2OCO3)cc1N. The molecule has 1 aromatic carbocycles. The second-order valence-corrected chi connectivity index (χ2v) is 3.77. The van der Waals surface area contributed by atoms with Crippen LogP contribution >= 0.6 is 0 Å². The highest BCUT2D eigenvalue weighted by Gasteiger charge is 2.23. The molecular formula is C11H11N3O3. The maximum atomic E-state index is 9.90. The summed E-state index contributed by atoms with van der Waals surface area (Å²) < 4.78 is 12.1. The summed E-state index contributed by atoms with van der Waals surface area (Å²) in [6.07, 6.45) is 0. The normalized spacial score (nSPS) is 13.0. The fraction of sp³-hybridized carbons (Fsp3) is 0.182. The number of phenols is 1. The molecule has 0 saturated heterocycles. The van der Waals surface area contributed by atoms with Gasteiger partial charge in [0.2, 0.25) is 6.79 Å². The molecule has 2 aromatic rings. The Bertz CT molecular complexity index is 572. The van der Waals surface area contributed by atoms with Gasteiger partial charge in [-0.15, -0.1) is 0 Å². The topological polar surface area (TPSA) is 82.5 Å². The van der Waals surface area contributed by atoms with Gasteiger partial charge in [-0.05, 0) is 12.1 Å². The summed E-state index contributed by atoms with van der Waals surface area (Å²) >= 11 is 0. The van der Waals surface area contributed by atoms with Crippen LogP contribution in [0.1, 0.15) is 0 Å². The van der Waals surface area contributed by atoms with Gasteiger partial charge in [0.15, 0.2) is 11.5 Å². The lowest BCUT2D eigenvalue weighted by Gasteiger charge is -2.05. The maximum Gasteiger partial charge on any atom is 0.231 e. The summed E-state index contributed by atoms with van der Waals surface area (Å²) in [6.45, 7) is 0.147. The highest BCUT2D eigenvalue weighted by Crippen LogP contribution is 2.46. The Balaban J connectivity index is 2.23. The van der Waals surface area contributed by atoms with E-state index in [9.17, 15) is 5.11 Å². The number of aromatic nitrogens is 2. The number of phenolic OH excluding ortho intramolecular Hbond substituents is 1. The van der Waals surface area contributed by atoms with Crippen LogP contribution in [0.2, 0.25) is 0 Å². The van der Waals surface area contributed by atoms with Crippen LogP contribution in [0, 0.1) is 0 Å². The van der Waals surface area contributed by atoms with E-state index in [1.165, 1.54) is 4.68 Å². The fourth-order valence-electron chi connectivity index (χ4n) is 1.81. The minimum atomic E-state index is 0.0901. The van der Waals surface area contributed by atoms with E-state index in [4.69, 9.17) is 15.2 Å². The van der Waals surface area contributed by atoms with Crippen molar-refractivity contribution in [2.75, 3.05) is 12.5 Å². The number of hydrogen-bond donors (Lipinski definition) is 2. The Hall–Kier alpha value is -2.37. The third-order valence-corrected chi connectivity index (χ3v) is 2.69. The molecular weight excluding hydrogens is 222 g/mol. The molecule has 3 rings (SSSR count). The molecule has 0 bridgehead atoms. The van der Waals surface area contributed by atoms with Crippen molar-refractivity contribution >= 4 is 5.82 Å². The molecule has 0 spiro atoms. The number of nitrogens with zero attached hydrogens (tertiary/aromatic N) is 2. The van der Waals surface area contributed by atoms with E-state index in [1.54, 1.807) is 25.2 Å². The Morgan fingerprint density at radius 2 is 2.24 bits per heavy atom. The molecule has 0 aliphatic carbocycles. The Kier molecular flexibility index (Phi) is 1.91. The average Bonchev–Trinajstić information content (AvgIpc) is 2.86. The molecule has 0 atom stereocenters. The van der Waals surface area contributed by atoms with Crippen LogP contribution in [-0.2, 0) is 7.05 Å². The van der Waals surface area contributed by atoms with E-state index in [2.05, 4.69) is 5.10 Å². The van der Waals surface area contributed by atoms with Crippen molar-refractivity contribution in [3.63, 3.8) is 0 Å². The van der Waals surface area contributed by atoms with Gasteiger partial charge in [0.25, 0.3) is 0 Å². The first-order valence-corrected chi connectivity index (χ1v) is 5.08. The standard InChI is InChI=1S/C11H11N3O3/c1-14-9(12)4-6(13-14)10-7(15)2-3-8-11(10)17-5-16-8/h2-4,15H,5,12H2,1H3. The van der Waals surface area contributed by atoms with Crippen molar-refractivity contribution in [3.05, 3.63) is 18.2 Å². The van der Waals surface area contributed by atoms with Crippen LogP contribution in [0.3, 0.4) is 0 Å². The first-order valence-electron chi connectivity index (χ1n) is 5.08. The number of benzene rings is 1. The maximum absolute atomic E-state index is 9.90. The largest absolute Gasteiger partial charge is 0.507 e. The lowest BCUT2D eigenvalue weighted by molar-refractivity contribution is 0.174. The quantitative estimate of drug-likeness (QED) is 0.770. The molecule has 0 saturated carbocycles. The van der Waals surface area contributed by atoms with Crippen LogP contribution in [-0.4, -0.2) is 21.7 Å². The minimum absolute atomic E-state index is 0.0901. The molecule has 6 heteroatoms. The monoisotopic (exact) mass is 233 g/mol. The zero-order valence-electron chi connectivity index (χ0n) is 9.17. The van der Waals surface area contributed by atoms with Crippen LogP contribution in [0.5, 0.6) is 17.2 Å². The molecule has 1 aliphatic rings. The molecule has 0 amide bonds. The second-order valence-electron chi connectivity index (χ2n) is 3.77. The summed E-state index contributed by atoms with van der Waals surface area (Å²) in [6, 6.07) is 4.89. The van der Waals surface area contributed by atoms with Crippen molar-refractivity contribution in [1.82, 2.24) is 9.78 Å². The molecule has 1 aromatic heterocycles. The third kappa shape index (κ3) is 1.37. The zero-order chi connectivity index (χ0) is 12.0. The number of aromatic hydroxyl groups is 1. The van der Waals surface area contributed by atoms with Crippen LogP contribution in [0.4, 0.5) is 5.82 Å². The Morgan fingerprint density at radius 3 is 2.94 bits per heavy atom. The molecule has 2 heterocycles. The van der Waals surface area contributed by atoms with Crippen molar-refractivity contribution in [2.24, 2.45) is 7.05 Å². The smallest absolute Gasteiger partial charge is 0.231 e. The molecule has 17 heavy (non-hydrogen) atoms. The van der Waals surface area contributed by atoms with Gasteiger partial charge in [-0.3, -0.25) is 4.68 Å². The Labute approximate surface area is 97.2 Å². The highest BCUT2D eigenvalue weighted by atomic mass is 16.7. The molecule has 6 nitrogen and oxygen atoms in total. The van der Waals surface area contributed by atoms with Crippen molar-refractivity contribution in [2.45, 2.75) is 0 Å². The number of ether oxygens (including phenoxy) is 2. The lowest BCUT2D eigenvalue weighted by atomic mass is 10.1. The van der Waals surface area contributed by atoms with Gasteiger partial charge in [-0.2, -0.15) is 5.10 Å². The first kappa shape index (κ1) is 9.83. The zero-order valence-corrected chi connectivity index (χ0v) is 9.17. The number of hydrogen-bond acceptors (Lipinski definition) is 5. The lowest BCUT2D eigenvalue weighted by Crippen LogP contribution is -1.96. The van der Waals surface area contributed by atoms with E-state index >= 15 is 0 Å². The number of nitrogen functional groups attached to an aromatic ring is 1. The summed E-state index contributed by atoms with van der Waals surface area (Å²) in [5, 5.41) is 14.1. The summed E-state index contributed by atoms with van der Waals surface area (Å²) in [5.74, 6) is 1.70. The number of rotatable bonds is 1.